The third-order valence-corrected chi connectivity index (χ3v) is 8.13. The van der Waals surface area contributed by atoms with E-state index in [9.17, 15) is 5.26 Å². The van der Waals surface area contributed by atoms with Crippen molar-refractivity contribution < 1.29 is 4.52 Å². The molecule has 2 aromatic heterocycles. The average Bonchev–Trinajstić information content (AvgIpc) is 3.49. The van der Waals surface area contributed by atoms with Gasteiger partial charge >= 0.3 is 0 Å². The van der Waals surface area contributed by atoms with Crippen LogP contribution in [0.1, 0.15) is 66.7 Å². The van der Waals surface area contributed by atoms with Crippen LogP contribution in [0.15, 0.2) is 28.8 Å². The van der Waals surface area contributed by atoms with Gasteiger partial charge in [0, 0.05) is 36.8 Å². The lowest BCUT2D eigenvalue weighted by Gasteiger charge is -2.32. The maximum absolute atomic E-state index is 9.19. The first-order valence-corrected chi connectivity index (χ1v) is 13.3. The van der Waals surface area contributed by atoms with Crippen molar-refractivity contribution in [3.63, 3.8) is 0 Å². The molecule has 35 heavy (non-hydrogen) atoms. The summed E-state index contributed by atoms with van der Waals surface area (Å²) < 4.78 is 8.00. The molecule has 0 N–H and O–H groups in total. The van der Waals surface area contributed by atoms with E-state index in [1.54, 1.807) is 0 Å². The summed E-state index contributed by atoms with van der Waals surface area (Å²) in [6.45, 7) is 4.07. The summed E-state index contributed by atoms with van der Waals surface area (Å²) in [6, 6.07) is 10.9. The van der Waals surface area contributed by atoms with E-state index in [0.717, 1.165) is 67.8 Å². The molecule has 0 spiro atoms. The standard InChI is InChI=1S/C29H39N5O/c1-32(2)20-27-23(8-6-21-4-5-21)9-12-26-28(31-35-29(26)27)13-7-22-14-16-34(17-15-22)19-25-11-10-24(18-30)33(25)3/h9-12,21-22H,4-8,13-17,19-20H2,1-3H3. The number of piperidine rings is 1. The van der Waals surface area contributed by atoms with Crippen LogP contribution in [0, 0.1) is 23.2 Å². The number of fused-ring (bicyclic) bond motifs is 1. The van der Waals surface area contributed by atoms with Crippen molar-refractivity contribution in [2.75, 3.05) is 27.2 Å². The molecule has 0 bridgehead atoms. The summed E-state index contributed by atoms with van der Waals surface area (Å²) >= 11 is 0. The number of rotatable bonds is 10. The predicted octanol–water partition coefficient (Wildman–Crippen LogP) is 5.29. The molecule has 0 radical (unpaired) electrons. The highest BCUT2D eigenvalue weighted by molar-refractivity contribution is 5.83. The topological polar surface area (TPSA) is 61.2 Å². The van der Waals surface area contributed by atoms with Gasteiger partial charge in [0.1, 0.15) is 11.8 Å². The van der Waals surface area contributed by atoms with E-state index in [2.05, 4.69) is 53.3 Å². The molecule has 2 fully saturated rings. The molecular formula is C29H39N5O. The molecule has 0 unspecified atom stereocenters. The summed E-state index contributed by atoms with van der Waals surface area (Å²) in [6.07, 6.45) is 9.88. The van der Waals surface area contributed by atoms with Crippen molar-refractivity contribution in [3.05, 3.63) is 52.5 Å². The van der Waals surface area contributed by atoms with Crippen molar-refractivity contribution in [3.8, 4) is 6.07 Å². The smallest absolute Gasteiger partial charge is 0.171 e. The summed E-state index contributed by atoms with van der Waals surface area (Å²) in [5, 5.41) is 15.0. The molecule has 5 rings (SSSR count). The molecule has 186 valence electrons. The Bertz CT molecular complexity index is 1190. The second kappa shape index (κ2) is 10.6. The van der Waals surface area contributed by atoms with Crippen LogP contribution in [-0.2, 0) is 33.0 Å². The van der Waals surface area contributed by atoms with Gasteiger partial charge in [-0.1, -0.05) is 24.1 Å². The quantitative estimate of drug-likeness (QED) is 0.401. The third kappa shape index (κ3) is 5.63. The SMILES string of the molecule is CN(C)Cc1c(CCC2CC2)ccc2c(CCC3CCN(Cc4ccc(C#N)n4C)CC3)noc12. The molecule has 2 aliphatic rings. The maximum atomic E-state index is 9.19. The molecule has 1 aliphatic carbocycles. The van der Waals surface area contributed by atoms with E-state index in [1.807, 2.05) is 17.7 Å². The van der Waals surface area contributed by atoms with Crippen LogP contribution in [0.2, 0.25) is 0 Å². The lowest BCUT2D eigenvalue weighted by molar-refractivity contribution is 0.169. The van der Waals surface area contributed by atoms with Gasteiger partial charge in [-0.05, 0) is 101 Å². The minimum Gasteiger partial charge on any atom is -0.356 e. The molecule has 1 saturated carbocycles. The first kappa shape index (κ1) is 24.1. The first-order chi connectivity index (χ1) is 17.0. The lowest BCUT2D eigenvalue weighted by atomic mass is 9.90. The molecule has 6 nitrogen and oxygen atoms in total. The number of nitrogens with zero attached hydrogens (tertiary/aromatic N) is 5. The normalized spacial score (nSPS) is 17.5. The van der Waals surface area contributed by atoms with Crippen molar-refractivity contribution in [1.82, 2.24) is 19.5 Å². The summed E-state index contributed by atoms with van der Waals surface area (Å²) in [5.74, 6) is 1.68. The van der Waals surface area contributed by atoms with E-state index < -0.39 is 0 Å². The zero-order valence-corrected chi connectivity index (χ0v) is 21.6. The fourth-order valence-electron chi connectivity index (χ4n) is 5.65. The summed E-state index contributed by atoms with van der Waals surface area (Å²) in [7, 11) is 6.25. The monoisotopic (exact) mass is 473 g/mol. The van der Waals surface area contributed by atoms with Crippen LogP contribution >= 0.6 is 0 Å². The number of hydrogen-bond donors (Lipinski definition) is 0. The van der Waals surface area contributed by atoms with Gasteiger partial charge in [-0.15, -0.1) is 0 Å². The van der Waals surface area contributed by atoms with Gasteiger partial charge in [-0.3, -0.25) is 4.90 Å². The second-order valence-corrected chi connectivity index (χ2v) is 11.1. The largest absolute Gasteiger partial charge is 0.356 e. The molecule has 0 atom stereocenters. The van der Waals surface area contributed by atoms with Gasteiger partial charge in [0.25, 0.3) is 0 Å². The van der Waals surface area contributed by atoms with Crippen molar-refractivity contribution in [1.29, 1.82) is 5.26 Å². The van der Waals surface area contributed by atoms with Crippen LogP contribution in [0.3, 0.4) is 0 Å². The number of aromatic nitrogens is 2. The minimum atomic E-state index is 0.735. The molecule has 6 heteroatoms. The molecule has 3 aromatic rings. The van der Waals surface area contributed by atoms with Gasteiger partial charge in [0.05, 0.1) is 5.69 Å². The van der Waals surface area contributed by atoms with Gasteiger partial charge in [0.2, 0.25) is 0 Å². The fraction of sp³-hybridized carbons (Fsp3) is 0.586. The van der Waals surface area contributed by atoms with Crippen molar-refractivity contribution in [2.45, 2.75) is 64.5 Å². The molecule has 1 aromatic carbocycles. The van der Waals surface area contributed by atoms with Gasteiger partial charge < -0.3 is 14.0 Å². The highest BCUT2D eigenvalue weighted by atomic mass is 16.5. The Labute approximate surface area is 209 Å². The zero-order chi connectivity index (χ0) is 24.4. The van der Waals surface area contributed by atoms with Crippen LogP contribution in [0.25, 0.3) is 11.0 Å². The minimum absolute atomic E-state index is 0.735. The fourth-order valence-corrected chi connectivity index (χ4v) is 5.65. The number of hydrogen-bond acceptors (Lipinski definition) is 5. The average molecular weight is 474 g/mol. The van der Waals surface area contributed by atoms with Crippen molar-refractivity contribution in [2.24, 2.45) is 18.9 Å². The van der Waals surface area contributed by atoms with Crippen LogP contribution < -0.4 is 0 Å². The van der Waals surface area contributed by atoms with Crippen LogP contribution in [0.4, 0.5) is 0 Å². The predicted molar refractivity (Wildman–Crippen MR) is 139 cm³/mol. The van der Waals surface area contributed by atoms with Crippen molar-refractivity contribution >= 4 is 11.0 Å². The number of likely N-dealkylation sites (tertiary alicyclic amines) is 1. The van der Waals surface area contributed by atoms with E-state index >= 15 is 0 Å². The molecular weight excluding hydrogens is 434 g/mol. The Hall–Kier alpha value is -2.62. The Balaban J connectivity index is 1.18. The van der Waals surface area contributed by atoms with Gasteiger partial charge in [0.15, 0.2) is 5.58 Å². The lowest BCUT2D eigenvalue weighted by Crippen LogP contribution is -2.33. The Morgan fingerprint density at radius 2 is 1.77 bits per heavy atom. The zero-order valence-electron chi connectivity index (χ0n) is 21.6. The van der Waals surface area contributed by atoms with E-state index in [-0.39, 0.29) is 0 Å². The summed E-state index contributed by atoms with van der Waals surface area (Å²) in [5.41, 5.74) is 6.87. The highest BCUT2D eigenvalue weighted by Crippen LogP contribution is 2.35. The Morgan fingerprint density at radius 3 is 2.46 bits per heavy atom. The highest BCUT2D eigenvalue weighted by Gasteiger charge is 2.24. The van der Waals surface area contributed by atoms with Crippen LogP contribution in [-0.4, -0.2) is 46.7 Å². The summed E-state index contributed by atoms with van der Waals surface area (Å²) in [4.78, 5) is 4.76. The maximum Gasteiger partial charge on any atom is 0.171 e. The molecule has 3 heterocycles. The third-order valence-electron chi connectivity index (χ3n) is 8.13. The Morgan fingerprint density at radius 1 is 1.03 bits per heavy atom. The molecule has 0 amide bonds. The number of benzene rings is 1. The van der Waals surface area contributed by atoms with Gasteiger partial charge in [-0.25, -0.2) is 0 Å². The number of nitriles is 1. The molecule has 1 aliphatic heterocycles. The first-order valence-electron chi connectivity index (χ1n) is 13.3. The van der Waals surface area contributed by atoms with E-state index in [1.165, 1.54) is 60.7 Å². The Kier molecular flexibility index (Phi) is 7.27. The van der Waals surface area contributed by atoms with E-state index in [4.69, 9.17) is 4.52 Å². The van der Waals surface area contributed by atoms with Gasteiger partial charge in [-0.2, -0.15) is 5.26 Å². The van der Waals surface area contributed by atoms with E-state index in [0.29, 0.717) is 0 Å². The second-order valence-electron chi connectivity index (χ2n) is 11.1. The number of aryl methyl sites for hydroxylation is 2. The molecule has 1 saturated heterocycles. The van der Waals surface area contributed by atoms with Crippen LogP contribution in [0.5, 0.6) is 0 Å².